The topological polar surface area (TPSA) is 15.3 Å². The Balaban J connectivity index is 1.80. The van der Waals surface area contributed by atoms with Gasteiger partial charge in [0.05, 0.1) is 5.02 Å². The molecule has 2 aliphatic heterocycles. The van der Waals surface area contributed by atoms with Gasteiger partial charge in [-0.05, 0) is 56.6 Å². The summed E-state index contributed by atoms with van der Waals surface area (Å²) in [7, 11) is 2.30. The lowest BCUT2D eigenvalue weighted by molar-refractivity contribution is 0.113. The van der Waals surface area contributed by atoms with Crippen LogP contribution in [0.3, 0.4) is 0 Å². The molecule has 0 radical (unpaired) electrons. The van der Waals surface area contributed by atoms with Crippen LogP contribution in [0.5, 0.6) is 0 Å². The molecule has 3 atom stereocenters. The molecule has 1 aromatic rings. The van der Waals surface area contributed by atoms with Crippen molar-refractivity contribution >= 4 is 22.9 Å². The fourth-order valence-corrected chi connectivity index (χ4v) is 5.29. The van der Waals surface area contributed by atoms with E-state index in [9.17, 15) is 0 Å². The molecule has 3 rings (SSSR count). The number of piperidine rings is 1. The van der Waals surface area contributed by atoms with Crippen LogP contribution in [-0.2, 0) is 0 Å². The van der Waals surface area contributed by atoms with E-state index in [2.05, 4.69) is 29.6 Å². The van der Waals surface area contributed by atoms with Gasteiger partial charge in [-0.1, -0.05) is 18.5 Å². The summed E-state index contributed by atoms with van der Waals surface area (Å²) in [6.07, 6.45) is 5.40. The zero-order valence-electron chi connectivity index (χ0n) is 11.7. The minimum absolute atomic E-state index is 0.453. The Labute approximate surface area is 125 Å². The maximum Gasteiger partial charge on any atom is 0.0561 e. The van der Waals surface area contributed by atoms with Crippen LogP contribution in [0.2, 0.25) is 5.02 Å². The Bertz CT molecular complexity index is 420. The molecule has 3 unspecified atom stereocenters. The number of rotatable bonds is 4. The van der Waals surface area contributed by atoms with Crippen molar-refractivity contribution in [3.63, 3.8) is 0 Å². The van der Waals surface area contributed by atoms with E-state index >= 15 is 0 Å². The van der Waals surface area contributed by atoms with E-state index < -0.39 is 0 Å². The third-order valence-electron chi connectivity index (χ3n) is 4.96. The van der Waals surface area contributed by atoms with Crippen molar-refractivity contribution in [2.75, 3.05) is 13.6 Å². The molecular formula is C15H23ClN2S. The summed E-state index contributed by atoms with van der Waals surface area (Å²) in [6.45, 7) is 3.21. The molecule has 0 amide bonds. The summed E-state index contributed by atoms with van der Waals surface area (Å²) in [5, 5.41) is 6.75. The van der Waals surface area contributed by atoms with E-state index in [0.29, 0.717) is 6.04 Å². The summed E-state index contributed by atoms with van der Waals surface area (Å²) in [4.78, 5) is 3.95. The average Bonchev–Trinajstić information content (AvgIpc) is 2.87. The lowest BCUT2D eigenvalue weighted by Crippen LogP contribution is -2.43. The standard InChI is InChI=1S/C15H23ClN2S/c1-3-17-14(15-13(16)6-7-19-15)10-8-11-4-5-12(9-10)18(11)2/h6-7,10-12,14,17H,3-5,8-9H2,1-2H3. The molecule has 2 nitrogen and oxygen atoms in total. The van der Waals surface area contributed by atoms with E-state index in [1.807, 2.05) is 6.07 Å². The fourth-order valence-electron chi connectivity index (χ4n) is 3.95. The van der Waals surface area contributed by atoms with Crippen molar-refractivity contribution < 1.29 is 0 Å². The molecule has 0 aromatic carbocycles. The van der Waals surface area contributed by atoms with Crippen molar-refractivity contribution in [3.05, 3.63) is 21.3 Å². The van der Waals surface area contributed by atoms with Gasteiger partial charge in [0.25, 0.3) is 0 Å². The molecule has 1 N–H and O–H groups in total. The minimum atomic E-state index is 0.453. The van der Waals surface area contributed by atoms with E-state index in [0.717, 1.165) is 29.6 Å². The van der Waals surface area contributed by atoms with Gasteiger partial charge < -0.3 is 10.2 Å². The van der Waals surface area contributed by atoms with Crippen LogP contribution in [-0.4, -0.2) is 30.6 Å². The predicted molar refractivity (Wildman–Crippen MR) is 83.0 cm³/mol. The molecular weight excluding hydrogens is 276 g/mol. The third-order valence-corrected chi connectivity index (χ3v) is 6.40. The minimum Gasteiger partial charge on any atom is -0.309 e. The van der Waals surface area contributed by atoms with Crippen molar-refractivity contribution in [1.82, 2.24) is 10.2 Å². The van der Waals surface area contributed by atoms with Crippen LogP contribution in [0, 0.1) is 5.92 Å². The maximum absolute atomic E-state index is 6.37. The number of nitrogens with one attached hydrogen (secondary N) is 1. The van der Waals surface area contributed by atoms with Gasteiger partial charge in [-0.15, -0.1) is 11.3 Å². The molecule has 2 saturated heterocycles. The number of thiophene rings is 1. The van der Waals surface area contributed by atoms with Gasteiger partial charge in [-0.2, -0.15) is 0 Å². The van der Waals surface area contributed by atoms with Gasteiger partial charge in [0.15, 0.2) is 0 Å². The third kappa shape index (κ3) is 2.58. The van der Waals surface area contributed by atoms with Crippen molar-refractivity contribution in [2.45, 2.75) is 50.7 Å². The van der Waals surface area contributed by atoms with Crippen molar-refractivity contribution in [1.29, 1.82) is 0 Å². The quantitative estimate of drug-likeness (QED) is 0.906. The first-order chi connectivity index (χ1) is 9.20. The zero-order valence-corrected chi connectivity index (χ0v) is 13.3. The van der Waals surface area contributed by atoms with E-state index in [4.69, 9.17) is 11.6 Å². The molecule has 0 saturated carbocycles. The Morgan fingerprint density at radius 1 is 1.42 bits per heavy atom. The molecule has 3 heterocycles. The molecule has 2 fully saturated rings. The van der Waals surface area contributed by atoms with E-state index in [1.165, 1.54) is 30.6 Å². The normalized spacial score (nSPS) is 32.7. The molecule has 2 bridgehead atoms. The number of hydrogen-bond acceptors (Lipinski definition) is 3. The Kier molecular flexibility index (Phi) is 4.18. The van der Waals surface area contributed by atoms with Crippen LogP contribution >= 0.6 is 22.9 Å². The Morgan fingerprint density at radius 3 is 2.63 bits per heavy atom. The summed E-state index contributed by atoms with van der Waals surface area (Å²) in [6, 6.07) is 4.08. The lowest BCUT2D eigenvalue weighted by atomic mass is 9.84. The maximum atomic E-state index is 6.37. The Hall–Kier alpha value is -0.0900. The highest BCUT2D eigenvalue weighted by Gasteiger charge is 2.41. The molecule has 0 aliphatic carbocycles. The van der Waals surface area contributed by atoms with E-state index in [1.54, 1.807) is 11.3 Å². The van der Waals surface area contributed by atoms with E-state index in [-0.39, 0.29) is 0 Å². The lowest BCUT2D eigenvalue weighted by Gasteiger charge is -2.40. The first-order valence-electron chi connectivity index (χ1n) is 7.39. The second-order valence-corrected chi connectivity index (χ2v) is 7.30. The van der Waals surface area contributed by atoms with Gasteiger partial charge >= 0.3 is 0 Å². The number of hydrogen-bond donors (Lipinski definition) is 1. The zero-order chi connectivity index (χ0) is 13.4. The largest absolute Gasteiger partial charge is 0.309 e. The van der Waals surface area contributed by atoms with Crippen LogP contribution < -0.4 is 5.32 Å². The SMILES string of the molecule is CCNC(c1sccc1Cl)C1CC2CCC(C1)N2C. The summed E-state index contributed by atoms with van der Waals surface area (Å²) < 4.78 is 0. The first-order valence-corrected chi connectivity index (χ1v) is 8.64. The molecule has 19 heavy (non-hydrogen) atoms. The Morgan fingerprint density at radius 2 is 2.11 bits per heavy atom. The number of nitrogens with zero attached hydrogens (tertiary/aromatic N) is 1. The fraction of sp³-hybridized carbons (Fsp3) is 0.733. The van der Waals surface area contributed by atoms with Crippen molar-refractivity contribution in [3.8, 4) is 0 Å². The van der Waals surface area contributed by atoms with Gasteiger partial charge in [-0.25, -0.2) is 0 Å². The summed E-state index contributed by atoms with van der Waals surface area (Å²) in [5.74, 6) is 0.741. The molecule has 106 valence electrons. The highest BCUT2D eigenvalue weighted by atomic mass is 35.5. The number of halogens is 1. The van der Waals surface area contributed by atoms with Crippen molar-refractivity contribution in [2.24, 2.45) is 5.92 Å². The summed E-state index contributed by atoms with van der Waals surface area (Å²) >= 11 is 8.17. The average molecular weight is 299 g/mol. The first kappa shape index (κ1) is 13.9. The smallest absolute Gasteiger partial charge is 0.0561 e. The van der Waals surface area contributed by atoms with Gasteiger partial charge in [0.1, 0.15) is 0 Å². The van der Waals surface area contributed by atoms with Crippen LogP contribution in [0.25, 0.3) is 0 Å². The van der Waals surface area contributed by atoms with Crippen LogP contribution in [0.4, 0.5) is 0 Å². The monoisotopic (exact) mass is 298 g/mol. The van der Waals surface area contributed by atoms with Gasteiger partial charge in [0.2, 0.25) is 0 Å². The predicted octanol–water partition coefficient (Wildman–Crippen LogP) is 3.92. The molecule has 0 spiro atoms. The van der Waals surface area contributed by atoms with Gasteiger partial charge in [-0.3, -0.25) is 0 Å². The second kappa shape index (κ2) is 5.72. The molecule has 1 aromatic heterocycles. The van der Waals surface area contributed by atoms with Crippen LogP contribution in [0.15, 0.2) is 11.4 Å². The second-order valence-electron chi connectivity index (χ2n) is 5.95. The number of fused-ring (bicyclic) bond motifs is 2. The highest BCUT2D eigenvalue weighted by Crippen LogP contribution is 2.44. The molecule has 4 heteroatoms. The highest BCUT2D eigenvalue weighted by molar-refractivity contribution is 7.10. The summed E-state index contributed by atoms with van der Waals surface area (Å²) in [5.41, 5.74) is 0. The molecule has 2 aliphatic rings. The van der Waals surface area contributed by atoms with Gasteiger partial charge in [0, 0.05) is 23.0 Å². The van der Waals surface area contributed by atoms with Crippen LogP contribution in [0.1, 0.15) is 43.5 Å².